The summed E-state index contributed by atoms with van der Waals surface area (Å²) in [6.45, 7) is 0.873. The molecule has 0 spiro atoms. The monoisotopic (exact) mass is 326 g/mol. The Kier molecular flexibility index (Phi) is 4.76. The molecule has 0 aliphatic carbocycles. The molecule has 2 aromatic carbocycles. The summed E-state index contributed by atoms with van der Waals surface area (Å²) in [4.78, 5) is 1.31. The predicted molar refractivity (Wildman–Crippen MR) is 89.1 cm³/mol. The van der Waals surface area contributed by atoms with Crippen LogP contribution in [0.3, 0.4) is 0 Å². The highest BCUT2D eigenvalue weighted by Crippen LogP contribution is 2.32. The number of nitrogens with zero attached hydrogens (tertiary/aromatic N) is 4. The van der Waals surface area contributed by atoms with E-state index < -0.39 is 0 Å². The van der Waals surface area contributed by atoms with Crippen LogP contribution in [0.5, 0.6) is 11.5 Å². The number of tetrazole rings is 1. The van der Waals surface area contributed by atoms with Crippen molar-refractivity contribution in [2.24, 2.45) is 0 Å². The molecular weight excluding hydrogens is 308 g/mol. The molecule has 0 aliphatic rings. The number of anilines is 1. The van der Waals surface area contributed by atoms with Crippen molar-refractivity contribution >= 4 is 5.95 Å². The molecule has 0 unspecified atom stereocenters. The summed E-state index contributed by atoms with van der Waals surface area (Å²) in [7, 11) is 1.61. The van der Waals surface area contributed by atoms with Crippen molar-refractivity contribution in [1.82, 2.24) is 20.3 Å². The standard InChI is InChI=1S/C16H18N6O2/c1-23-14-9-5-8-13(10-18-22-16(17)19-20-21-22)15(14)24-11-12-6-3-2-4-7-12/h2-9,18H,10-11H2,1H3,(H2,17,19,21). The first-order chi connectivity index (χ1) is 11.8. The van der Waals surface area contributed by atoms with E-state index in [2.05, 4.69) is 21.0 Å². The maximum atomic E-state index is 5.99. The van der Waals surface area contributed by atoms with Crippen LogP contribution in [0.4, 0.5) is 5.95 Å². The van der Waals surface area contributed by atoms with Gasteiger partial charge in [0.05, 0.1) is 13.7 Å². The van der Waals surface area contributed by atoms with Crippen LogP contribution in [0.25, 0.3) is 0 Å². The number of aromatic nitrogens is 4. The van der Waals surface area contributed by atoms with Crippen LogP contribution in [0.2, 0.25) is 0 Å². The van der Waals surface area contributed by atoms with Gasteiger partial charge in [0, 0.05) is 5.56 Å². The van der Waals surface area contributed by atoms with Crippen LogP contribution in [0, 0.1) is 0 Å². The molecule has 0 atom stereocenters. The molecule has 0 aliphatic heterocycles. The second-order valence-electron chi connectivity index (χ2n) is 5.01. The number of rotatable bonds is 7. The fourth-order valence-electron chi connectivity index (χ4n) is 2.22. The Balaban J connectivity index is 1.77. The van der Waals surface area contributed by atoms with Crippen molar-refractivity contribution in [2.45, 2.75) is 13.2 Å². The number of hydrogen-bond donors (Lipinski definition) is 2. The van der Waals surface area contributed by atoms with Gasteiger partial charge >= 0.3 is 0 Å². The molecule has 8 heteroatoms. The summed E-state index contributed by atoms with van der Waals surface area (Å²) >= 11 is 0. The molecule has 3 aromatic rings. The Bertz CT molecular complexity index is 790. The van der Waals surface area contributed by atoms with E-state index in [1.807, 2.05) is 48.5 Å². The van der Waals surface area contributed by atoms with Gasteiger partial charge in [-0.25, -0.2) is 0 Å². The molecule has 0 saturated heterocycles. The van der Waals surface area contributed by atoms with Crippen molar-refractivity contribution in [3.8, 4) is 11.5 Å². The third-order valence-electron chi connectivity index (χ3n) is 3.42. The zero-order valence-electron chi connectivity index (χ0n) is 13.2. The van der Waals surface area contributed by atoms with Crippen molar-refractivity contribution in [1.29, 1.82) is 0 Å². The molecule has 0 fully saturated rings. The van der Waals surface area contributed by atoms with E-state index in [0.717, 1.165) is 11.1 Å². The highest BCUT2D eigenvalue weighted by molar-refractivity contribution is 5.47. The minimum atomic E-state index is 0.185. The van der Waals surface area contributed by atoms with Crippen LogP contribution in [-0.4, -0.2) is 27.4 Å². The summed E-state index contributed by atoms with van der Waals surface area (Å²) in [5.74, 6) is 1.52. The maximum absolute atomic E-state index is 5.99. The van der Waals surface area contributed by atoms with Crippen molar-refractivity contribution in [2.75, 3.05) is 18.3 Å². The third-order valence-corrected chi connectivity index (χ3v) is 3.42. The molecule has 1 heterocycles. The minimum Gasteiger partial charge on any atom is -0.493 e. The largest absolute Gasteiger partial charge is 0.493 e. The van der Waals surface area contributed by atoms with E-state index in [4.69, 9.17) is 15.2 Å². The van der Waals surface area contributed by atoms with Crippen molar-refractivity contribution < 1.29 is 9.47 Å². The first-order valence-corrected chi connectivity index (χ1v) is 7.38. The number of nitrogens with one attached hydrogen (secondary N) is 1. The highest BCUT2D eigenvalue weighted by Gasteiger charge is 2.12. The Morgan fingerprint density at radius 2 is 1.96 bits per heavy atom. The van der Waals surface area contributed by atoms with Gasteiger partial charge in [0.2, 0.25) is 0 Å². The zero-order valence-corrected chi connectivity index (χ0v) is 13.2. The molecule has 8 nitrogen and oxygen atoms in total. The topological polar surface area (TPSA) is 100 Å². The summed E-state index contributed by atoms with van der Waals surface area (Å²) in [5, 5.41) is 10.9. The lowest BCUT2D eigenvalue weighted by Gasteiger charge is -2.16. The van der Waals surface area contributed by atoms with Gasteiger partial charge in [-0.15, -0.1) is 4.79 Å². The molecule has 124 valence electrons. The number of nitrogen functional groups attached to an aromatic ring is 1. The summed E-state index contributed by atoms with van der Waals surface area (Å²) < 4.78 is 11.4. The van der Waals surface area contributed by atoms with Crippen LogP contribution < -0.4 is 20.6 Å². The SMILES string of the molecule is COc1cccc(CNn2nnnc2N)c1OCc1ccccc1. The van der Waals surface area contributed by atoms with Gasteiger partial charge < -0.3 is 20.6 Å². The summed E-state index contributed by atoms with van der Waals surface area (Å²) in [6.07, 6.45) is 0. The molecule has 0 radical (unpaired) electrons. The van der Waals surface area contributed by atoms with Crippen LogP contribution in [0.15, 0.2) is 48.5 Å². The van der Waals surface area contributed by atoms with Crippen molar-refractivity contribution in [3.05, 3.63) is 59.7 Å². The molecule has 1 aromatic heterocycles. The lowest BCUT2D eigenvalue weighted by Crippen LogP contribution is -2.19. The van der Waals surface area contributed by atoms with Gasteiger partial charge in [0.15, 0.2) is 11.5 Å². The first kappa shape index (κ1) is 15.6. The molecule has 3 N–H and O–H groups in total. The Labute approximate surface area is 139 Å². The summed E-state index contributed by atoms with van der Waals surface area (Å²) in [5.41, 5.74) is 10.6. The quantitative estimate of drug-likeness (QED) is 0.680. The molecule has 3 rings (SSSR count). The lowest BCUT2D eigenvalue weighted by molar-refractivity contribution is 0.281. The number of methoxy groups -OCH3 is 1. The fraction of sp³-hybridized carbons (Fsp3) is 0.188. The lowest BCUT2D eigenvalue weighted by atomic mass is 10.2. The van der Waals surface area contributed by atoms with E-state index in [-0.39, 0.29) is 5.95 Å². The van der Waals surface area contributed by atoms with Crippen molar-refractivity contribution in [3.63, 3.8) is 0 Å². The molecule has 24 heavy (non-hydrogen) atoms. The number of benzene rings is 2. The molecule has 0 amide bonds. The molecular formula is C16H18N6O2. The maximum Gasteiger partial charge on any atom is 0.260 e. The van der Waals surface area contributed by atoms with Crippen LogP contribution in [0.1, 0.15) is 11.1 Å². The second-order valence-corrected chi connectivity index (χ2v) is 5.01. The number of para-hydroxylation sites is 1. The Hall–Kier alpha value is -3.29. The summed E-state index contributed by atoms with van der Waals surface area (Å²) in [6, 6.07) is 15.6. The molecule has 0 bridgehead atoms. The van der Waals surface area contributed by atoms with Gasteiger partial charge in [0.25, 0.3) is 5.95 Å². The van der Waals surface area contributed by atoms with Crippen LogP contribution >= 0.6 is 0 Å². The average Bonchev–Trinajstić information content (AvgIpc) is 3.04. The van der Waals surface area contributed by atoms with E-state index in [0.29, 0.717) is 24.7 Å². The number of nitrogens with two attached hydrogens (primary N) is 1. The first-order valence-electron chi connectivity index (χ1n) is 7.38. The smallest absolute Gasteiger partial charge is 0.260 e. The van der Waals surface area contributed by atoms with Gasteiger partial charge in [-0.05, 0) is 22.1 Å². The average molecular weight is 326 g/mol. The van der Waals surface area contributed by atoms with Gasteiger partial charge in [-0.2, -0.15) is 0 Å². The van der Waals surface area contributed by atoms with Gasteiger partial charge in [0.1, 0.15) is 6.61 Å². The Morgan fingerprint density at radius 3 is 2.67 bits per heavy atom. The predicted octanol–water partition coefficient (Wildman–Crippen LogP) is 1.59. The van der Waals surface area contributed by atoms with E-state index >= 15 is 0 Å². The fourth-order valence-corrected chi connectivity index (χ4v) is 2.22. The highest BCUT2D eigenvalue weighted by atomic mass is 16.5. The second kappa shape index (κ2) is 7.32. The van der Waals surface area contributed by atoms with E-state index in [1.54, 1.807) is 7.11 Å². The van der Waals surface area contributed by atoms with E-state index in [9.17, 15) is 0 Å². The number of hydrogen-bond acceptors (Lipinski definition) is 7. The van der Waals surface area contributed by atoms with Crippen LogP contribution in [-0.2, 0) is 13.2 Å². The zero-order chi connectivity index (χ0) is 16.8. The van der Waals surface area contributed by atoms with E-state index in [1.165, 1.54) is 4.79 Å². The minimum absolute atomic E-state index is 0.185. The van der Waals surface area contributed by atoms with Gasteiger partial charge in [-0.3, -0.25) is 0 Å². The Morgan fingerprint density at radius 1 is 1.12 bits per heavy atom. The normalized spacial score (nSPS) is 10.4. The third kappa shape index (κ3) is 3.54. The number of ether oxygens (including phenoxy) is 2. The molecule has 0 saturated carbocycles. The van der Waals surface area contributed by atoms with Gasteiger partial charge in [-0.1, -0.05) is 47.6 Å².